The fraction of sp³-hybridized carbons (Fsp3) is 0.545. The summed E-state index contributed by atoms with van der Waals surface area (Å²) in [6.07, 6.45) is 3.63. The highest BCUT2D eigenvalue weighted by Crippen LogP contribution is 2.18. The molecule has 1 aliphatic rings. The molecule has 1 aromatic rings. The van der Waals surface area contributed by atoms with Gasteiger partial charge in [-0.15, -0.1) is 0 Å². The van der Waals surface area contributed by atoms with Crippen molar-refractivity contribution in [3.8, 4) is 0 Å². The number of halogens is 1. The Morgan fingerprint density at radius 3 is 3.20 bits per heavy atom. The fourth-order valence-electron chi connectivity index (χ4n) is 1.81. The van der Waals surface area contributed by atoms with Gasteiger partial charge in [0.1, 0.15) is 0 Å². The van der Waals surface area contributed by atoms with Gasteiger partial charge in [0, 0.05) is 18.8 Å². The van der Waals surface area contributed by atoms with Crippen molar-refractivity contribution in [3.63, 3.8) is 0 Å². The lowest BCUT2D eigenvalue weighted by Crippen LogP contribution is -2.33. The normalized spacial score (nSPS) is 26.3. The van der Waals surface area contributed by atoms with Gasteiger partial charge in [-0.05, 0) is 31.9 Å². The van der Waals surface area contributed by atoms with Gasteiger partial charge >= 0.3 is 0 Å². The van der Waals surface area contributed by atoms with E-state index in [-0.39, 0.29) is 18.0 Å². The Labute approximate surface area is 88.7 Å². The first-order chi connectivity index (χ1) is 7.25. The average molecular weight is 210 g/mol. The second kappa shape index (κ2) is 4.57. The van der Waals surface area contributed by atoms with Crippen molar-refractivity contribution in [1.82, 2.24) is 4.98 Å². The molecule has 0 bridgehead atoms. The number of nitrogens with one attached hydrogen (secondary N) is 1. The highest BCUT2D eigenvalue weighted by Gasteiger charge is 2.20. The van der Waals surface area contributed by atoms with Gasteiger partial charge in [0.05, 0.1) is 6.10 Å². The highest BCUT2D eigenvalue weighted by atomic mass is 19.1. The third-order valence-corrected chi connectivity index (χ3v) is 2.58. The minimum atomic E-state index is -0.295. The lowest BCUT2D eigenvalue weighted by molar-refractivity contribution is 0.0231. The summed E-state index contributed by atoms with van der Waals surface area (Å²) in [7, 11) is 0. The van der Waals surface area contributed by atoms with E-state index >= 15 is 0 Å². The van der Waals surface area contributed by atoms with Crippen LogP contribution in [-0.2, 0) is 4.74 Å². The van der Waals surface area contributed by atoms with E-state index in [1.54, 1.807) is 12.3 Å². The van der Waals surface area contributed by atoms with Gasteiger partial charge in [-0.1, -0.05) is 0 Å². The third kappa shape index (κ3) is 2.65. The molecule has 0 unspecified atom stereocenters. The van der Waals surface area contributed by atoms with Crippen LogP contribution in [0, 0.1) is 5.82 Å². The van der Waals surface area contributed by atoms with Crippen LogP contribution in [0.5, 0.6) is 0 Å². The van der Waals surface area contributed by atoms with E-state index in [4.69, 9.17) is 4.74 Å². The predicted molar refractivity (Wildman–Crippen MR) is 56.3 cm³/mol. The minimum absolute atomic E-state index is 0.239. The number of hydrogen-bond acceptors (Lipinski definition) is 3. The molecule has 0 aromatic carbocycles. The lowest BCUT2D eigenvalue weighted by Gasteiger charge is -2.28. The summed E-state index contributed by atoms with van der Waals surface area (Å²) in [6, 6.07) is 3.27. The van der Waals surface area contributed by atoms with Gasteiger partial charge in [-0.25, -0.2) is 9.37 Å². The minimum Gasteiger partial charge on any atom is -0.378 e. The zero-order valence-corrected chi connectivity index (χ0v) is 8.74. The van der Waals surface area contributed by atoms with Gasteiger partial charge in [-0.3, -0.25) is 0 Å². The molecule has 2 atom stereocenters. The van der Waals surface area contributed by atoms with E-state index in [1.807, 2.05) is 6.92 Å². The number of nitrogens with zero attached hydrogens (tertiary/aromatic N) is 1. The predicted octanol–water partition coefficient (Wildman–Crippen LogP) is 2.20. The van der Waals surface area contributed by atoms with Crippen molar-refractivity contribution in [3.05, 3.63) is 24.1 Å². The van der Waals surface area contributed by atoms with Crippen LogP contribution in [-0.4, -0.2) is 23.7 Å². The van der Waals surface area contributed by atoms with Crippen molar-refractivity contribution in [1.29, 1.82) is 0 Å². The molecule has 0 spiro atoms. The molecule has 1 saturated heterocycles. The number of aromatic nitrogens is 1. The van der Waals surface area contributed by atoms with Crippen molar-refractivity contribution in [2.45, 2.75) is 31.9 Å². The molecular weight excluding hydrogens is 195 g/mol. The molecule has 1 aliphatic heterocycles. The monoisotopic (exact) mass is 210 g/mol. The van der Waals surface area contributed by atoms with E-state index in [0.29, 0.717) is 5.82 Å². The maximum absolute atomic E-state index is 13.3. The second-order valence-corrected chi connectivity index (χ2v) is 3.88. The first-order valence-electron chi connectivity index (χ1n) is 5.24. The van der Waals surface area contributed by atoms with Crippen LogP contribution in [0.2, 0.25) is 0 Å². The molecule has 15 heavy (non-hydrogen) atoms. The van der Waals surface area contributed by atoms with Crippen LogP contribution >= 0.6 is 0 Å². The number of rotatable bonds is 2. The number of ether oxygens (including phenoxy) is 1. The summed E-state index contributed by atoms with van der Waals surface area (Å²) >= 11 is 0. The molecule has 2 heterocycles. The van der Waals surface area contributed by atoms with Gasteiger partial charge < -0.3 is 10.1 Å². The topological polar surface area (TPSA) is 34.2 Å². The first kappa shape index (κ1) is 10.4. The molecule has 1 fully saturated rings. The van der Waals surface area contributed by atoms with E-state index < -0.39 is 0 Å². The third-order valence-electron chi connectivity index (χ3n) is 2.58. The van der Waals surface area contributed by atoms with E-state index in [9.17, 15) is 4.39 Å². The second-order valence-electron chi connectivity index (χ2n) is 3.88. The molecule has 1 aromatic heterocycles. The molecule has 4 heteroatoms. The fourth-order valence-corrected chi connectivity index (χ4v) is 1.81. The first-order valence-corrected chi connectivity index (χ1v) is 5.24. The average Bonchev–Trinajstić information content (AvgIpc) is 2.22. The summed E-state index contributed by atoms with van der Waals surface area (Å²) in [4.78, 5) is 3.97. The Morgan fingerprint density at radius 2 is 2.47 bits per heavy atom. The van der Waals surface area contributed by atoms with Gasteiger partial charge in [0.25, 0.3) is 0 Å². The molecule has 0 saturated carbocycles. The van der Waals surface area contributed by atoms with Gasteiger partial charge in [0.2, 0.25) is 0 Å². The van der Waals surface area contributed by atoms with Crippen LogP contribution in [0.3, 0.4) is 0 Å². The van der Waals surface area contributed by atoms with Crippen LogP contribution < -0.4 is 5.32 Å². The van der Waals surface area contributed by atoms with Crippen molar-refractivity contribution in [2.24, 2.45) is 0 Å². The molecule has 0 radical (unpaired) electrons. The Bertz CT molecular complexity index is 332. The van der Waals surface area contributed by atoms with E-state index in [2.05, 4.69) is 10.3 Å². The highest BCUT2D eigenvalue weighted by molar-refractivity contribution is 5.36. The zero-order chi connectivity index (χ0) is 10.7. The Balaban J connectivity index is 1.99. The molecular formula is C11H15FN2O. The van der Waals surface area contributed by atoms with Crippen LogP contribution in [0.4, 0.5) is 10.2 Å². The SMILES string of the molecule is C[C@H]1C[C@H](Nc2ncccc2F)CCO1. The Morgan fingerprint density at radius 1 is 1.60 bits per heavy atom. The number of pyridine rings is 1. The number of anilines is 1. The largest absolute Gasteiger partial charge is 0.378 e. The van der Waals surface area contributed by atoms with E-state index in [1.165, 1.54) is 6.07 Å². The van der Waals surface area contributed by atoms with Gasteiger partial charge in [0.15, 0.2) is 11.6 Å². The van der Waals surface area contributed by atoms with E-state index in [0.717, 1.165) is 19.4 Å². The van der Waals surface area contributed by atoms with Crippen LogP contribution in [0.15, 0.2) is 18.3 Å². The van der Waals surface area contributed by atoms with Crippen molar-refractivity contribution >= 4 is 5.82 Å². The van der Waals surface area contributed by atoms with Crippen molar-refractivity contribution in [2.75, 3.05) is 11.9 Å². The maximum atomic E-state index is 13.3. The molecule has 82 valence electrons. The Kier molecular flexibility index (Phi) is 3.16. The number of hydrogen-bond donors (Lipinski definition) is 1. The van der Waals surface area contributed by atoms with Crippen molar-refractivity contribution < 1.29 is 9.13 Å². The molecule has 2 rings (SSSR count). The van der Waals surface area contributed by atoms with Gasteiger partial charge in [-0.2, -0.15) is 0 Å². The molecule has 1 N–H and O–H groups in total. The summed E-state index contributed by atoms with van der Waals surface area (Å²) in [5, 5.41) is 3.11. The quantitative estimate of drug-likeness (QED) is 0.812. The Hall–Kier alpha value is -1.16. The van der Waals surface area contributed by atoms with Crippen LogP contribution in [0.1, 0.15) is 19.8 Å². The summed E-state index contributed by atoms with van der Waals surface area (Å²) in [6.45, 7) is 2.76. The lowest BCUT2D eigenvalue weighted by atomic mass is 10.0. The standard InChI is InChI=1S/C11H15FN2O/c1-8-7-9(4-6-15-8)14-11-10(12)3-2-5-13-11/h2-3,5,8-9H,4,6-7H2,1H3,(H,13,14)/t8-,9+/m0/s1. The molecule has 3 nitrogen and oxygen atoms in total. The summed E-state index contributed by atoms with van der Waals surface area (Å²) < 4.78 is 18.7. The zero-order valence-electron chi connectivity index (χ0n) is 8.74. The van der Waals surface area contributed by atoms with Crippen LogP contribution in [0.25, 0.3) is 0 Å². The summed E-state index contributed by atoms with van der Waals surface area (Å²) in [5.74, 6) is 0.0493. The molecule has 0 amide bonds. The maximum Gasteiger partial charge on any atom is 0.165 e. The smallest absolute Gasteiger partial charge is 0.165 e. The molecule has 0 aliphatic carbocycles. The summed E-state index contributed by atoms with van der Waals surface area (Å²) in [5.41, 5.74) is 0.